The topological polar surface area (TPSA) is 115 Å². The number of thioether (sulfide) groups is 1. The van der Waals surface area contributed by atoms with Crippen LogP contribution in [0.3, 0.4) is 0 Å². The number of esters is 1. The molecule has 33 heavy (non-hydrogen) atoms. The minimum absolute atomic E-state index is 0.0552. The molecule has 0 fully saturated rings. The van der Waals surface area contributed by atoms with Gasteiger partial charge < -0.3 is 19.9 Å². The van der Waals surface area contributed by atoms with E-state index in [2.05, 4.69) is 20.8 Å². The average molecular weight is 488 g/mol. The number of carbonyl (C=O) groups is 3. The molecule has 9 nitrogen and oxygen atoms in total. The van der Waals surface area contributed by atoms with Gasteiger partial charge in [0.25, 0.3) is 5.91 Å². The number of hydrogen-bond donors (Lipinski definition) is 2. The minimum atomic E-state index is -0.534. The van der Waals surface area contributed by atoms with E-state index in [1.54, 1.807) is 48.5 Å². The maximum Gasteiger partial charge on any atom is 0.339 e. The number of aromatic nitrogens is 3. The summed E-state index contributed by atoms with van der Waals surface area (Å²) in [6.07, 6.45) is 0. The van der Waals surface area contributed by atoms with Crippen molar-refractivity contribution in [3.63, 3.8) is 0 Å². The standard InChI is InChI=1S/C22H22ClN5O4S/c1-3-28-18(12-24-20(30)14-8-4-6-10-16(14)23)26-27-22(28)33-13-19(29)25-17-11-7-5-9-15(17)21(31)32-2/h4-11H,3,12-13H2,1-2H3,(H,24,30)(H,25,29). The molecule has 0 atom stereocenters. The lowest BCUT2D eigenvalue weighted by atomic mass is 10.2. The highest BCUT2D eigenvalue weighted by atomic mass is 35.5. The highest BCUT2D eigenvalue weighted by molar-refractivity contribution is 7.99. The van der Waals surface area contributed by atoms with Gasteiger partial charge in [0.1, 0.15) is 0 Å². The molecule has 0 unspecified atom stereocenters. The van der Waals surface area contributed by atoms with Crippen molar-refractivity contribution < 1.29 is 19.1 Å². The molecule has 1 heterocycles. The zero-order chi connectivity index (χ0) is 23.8. The van der Waals surface area contributed by atoms with Gasteiger partial charge in [-0.05, 0) is 31.2 Å². The summed E-state index contributed by atoms with van der Waals surface area (Å²) in [7, 11) is 1.28. The Morgan fingerprint density at radius 1 is 1.06 bits per heavy atom. The molecule has 2 N–H and O–H groups in total. The van der Waals surface area contributed by atoms with Crippen molar-refractivity contribution in [1.82, 2.24) is 20.1 Å². The van der Waals surface area contributed by atoms with E-state index in [1.807, 2.05) is 11.5 Å². The number of ether oxygens (including phenoxy) is 1. The first-order valence-corrected chi connectivity index (χ1v) is 11.4. The maximum absolute atomic E-state index is 12.4. The third-order valence-electron chi connectivity index (χ3n) is 4.57. The molecular weight excluding hydrogens is 466 g/mol. The van der Waals surface area contributed by atoms with Crippen LogP contribution in [-0.4, -0.2) is 45.4 Å². The molecule has 3 aromatic rings. The van der Waals surface area contributed by atoms with Crippen LogP contribution in [0.4, 0.5) is 5.69 Å². The fraction of sp³-hybridized carbons (Fsp3) is 0.227. The number of benzene rings is 2. The number of methoxy groups -OCH3 is 1. The van der Waals surface area contributed by atoms with Crippen LogP contribution in [-0.2, 0) is 22.6 Å². The molecule has 0 spiro atoms. The van der Waals surface area contributed by atoms with E-state index in [4.69, 9.17) is 16.3 Å². The number of hydrogen-bond acceptors (Lipinski definition) is 7. The molecule has 0 aliphatic carbocycles. The number of para-hydroxylation sites is 1. The van der Waals surface area contributed by atoms with Gasteiger partial charge in [-0.1, -0.05) is 47.6 Å². The summed E-state index contributed by atoms with van der Waals surface area (Å²) in [4.78, 5) is 36.7. The second-order valence-electron chi connectivity index (χ2n) is 6.68. The van der Waals surface area contributed by atoms with Crippen LogP contribution in [0.1, 0.15) is 33.5 Å². The number of nitrogens with one attached hydrogen (secondary N) is 2. The number of carbonyl (C=O) groups excluding carboxylic acids is 3. The Kier molecular flexibility index (Phi) is 8.45. The molecule has 172 valence electrons. The van der Waals surface area contributed by atoms with E-state index in [1.165, 1.54) is 18.9 Å². The highest BCUT2D eigenvalue weighted by Gasteiger charge is 2.17. The Morgan fingerprint density at radius 2 is 1.76 bits per heavy atom. The van der Waals surface area contributed by atoms with Crippen molar-refractivity contribution in [3.05, 3.63) is 70.5 Å². The van der Waals surface area contributed by atoms with Crippen molar-refractivity contribution >= 4 is 46.8 Å². The first-order chi connectivity index (χ1) is 15.9. The van der Waals surface area contributed by atoms with Gasteiger partial charge in [-0.15, -0.1) is 10.2 Å². The summed E-state index contributed by atoms with van der Waals surface area (Å²) >= 11 is 7.27. The van der Waals surface area contributed by atoms with E-state index in [0.717, 1.165) is 0 Å². The van der Waals surface area contributed by atoms with Gasteiger partial charge in [0.05, 0.1) is 41.2 Å². The summed E-state index contributed by atoms with van der Waals surface area (Å²) in [5.41, 5.74) is 1.02. The predicted octanol–water partition coefficient (Wildman–Crippen LogP) is 3.40. The second-order valence-corrected chi connectivity index (χ2v) is 8.03. The third-order valence-corrected chi connectivity index (χ3v) is 5.87. The Morgan fingerprint density at radius 3 is 2.45 bits per heavy atom. The minimum Gasteiger partial charge on any atom is -0.465 e. The first-order valence-electron chi connectivity index (χ1n) is 9.99. The van der Waals surface area contributed by atoms with Crippen LogP contribution in [0.5, 0.6) is 0 Å². The predicted molar refractivity (Wildman–Crippen MR) is 125 cm³/mol. The van der Waals surface area contributed by atoms with Gasteiger partial charge in [-0.2, -0.15) is 0 Å². The molecule has 0 aliphatic heterocycles. The molecular formula is C22H22ClN5O4S. The number of anilines is 1. The van der Waals surface area contributed by atoms with Crippen molar-refractivity contribution in [1.29, 1.82) is 0 Å². The monoisotopic (exact) mass is 487 g/mol. The van der Waals surface area contributed by atoms with Gasteiger partial charge in [0.15, 0.2) is 11.0 Å². The van der Waals surface area contributed by atoms with E-state index in [9.17, 15) is 14.4 Å². The van der Waals surface area contributed by atoms with Crippen LogP contribution in [0.25, 0.3) is 0 Å². The Labute approximate surface area is 199 Å². The first kappa shape index (κ1) is 24.3. The number of halogens is 1. The summed E-state index contributed by atoms with van der Waals surface area (Å²) in [6, 6.07) is 13.4. The molecule has 11 heteroatoms. The van der Waals surface area contributed by atoms with Crippen molar-refractivity contribution in [2.24, 2.45) is 0 Å². The molecule has 3 rings (SSSR count). The van der Waals surface area contributed by atoms with E-state index < -0.39 is 5.97 Å². The van der Waals surface area contributed by atoms with Crippen LogP contribution in [0.15, 0.2) is 53.7 Å². The Balaban J connectivity index is 1.60. The fourth-order valence-electron chi connectivity index (χ4n) is 2.97. The van der Waals surface area contributed by atoms with Crippen LogP contribution >= 0.6 is 23.4 Å². The van der Waals surface area contributed by atoms with Crippen molar-refractivity contribution in [2.75, 3.05) is 18.2 Å². The van der Waals surface area contributed by atoms with E-state index in [0.29, 0.717) is 33.8 Å². The van der Waals surface area contributed by atoms with Gasteiger partial charge in [-0.25, -0.2) is 4.79 Å². The lowest BCUT2D eigenvalue weighted by Gasteiger charge is -2.10. The molecule has 0 radical (unpaired) electrons. The number of amides is 2. The molecule has 0 saturated carbocycles. The largest absolute Gasteiger partial charge is 0.465 e. The molecule has 1 aromatic heterocycles. The Hall–Kier alpha value is -3.37. The number of nitrogens with zero attached hydrogens (tertiary/aromatic N) is 3. The van der Waals surface area contributed by atoms with E-state index in [-0.39, 0.29) is 29.7 Å². The highest BCUT2D eigenvalue weighted by Crippen LogP contribution is 2.20. The quantitative estimate of drug-likeness (QED) is 0.351. The molecule has 2 aromatic carbocycles. The van der Waals surface area contributed by atoms with Crippen LogP contribution in [0, 0.1) is 0 Å². The average Bonchev–Trinajstić information content (AvgIpc) is 3.23. The van der Waals surface area contributed by atoms with Crippen LogP contribution in [0.2, 0.25) is 5.02 Å². The van der Waals surface area contributed by atoms with Gasteiger partial charge >= 0.3 is 5.97 Å². The van der Waals surface area contributed by atoms with E-state index >= 15 is 0 Å². The molecule has 0 saturated heterocycles. The summed E-state index contributed by atoms with van der Waals surface area (Å²) < 4.78 is 6.55. The third kappa shape index (κ3) is 6.11. The van der Waals surface area contributed by atoms with Gasteiger partial charge in [-0.3, -0.25) is 9.59 Å². The summed E-state index contributed by atoms with van der Waals surface area (Å²) in [6.45, 7) is 2.63. The van der Waals surface area contributed by atoms with Crippen molar-refractivity contribution in [2.45, 2.75) is 25.2 Å². The Bertz CT molecular complexity index is 1170. The molecule has 0 aliphatic rings. The summed E-state index contributed by atoms with van der Waals surface area (Å²) in [5, 5.41) is 14.7. The zero-order valence-corrected chi connectivity index (χ0v) is 19.6. The number of rotatable bonds is 9. The van der Waals surface area contributed by atoms with Crippen molar-refractivity contribution in [3.8, 4) is 0 Å². The lowest BCUT2D eigenvalue weighted by molar-refractivity contribution is -0.113. The molecule has 2 amide bonds. The zero-order valence-electron chi connectivity index (χ0n) is 18.0. The summed E-state index contributed by atoms with van der Waals surface area (Å²) in [5.74, 6) is -0.552. The fourth-order valence-corrected chi connectivity index (χ4v) is 4.01. The maximum atomic E-state index is 12.4. The smallest absolute Gasteiger partial charge is 0.339 e. The normalized spacial score (nSPS) is 10.5. The van der Waals surface area contributed by atoms with Crippen LogP contribution < -0.4 is 10.6 Å². The molecule has 0 bridgehead atoms. The van der Waals surface area contributed by atoms with Gasteiger partial charge in [0, 0.05) is 6.54 Å². The van der Waals surface area contributed by atoms with Gasteiger partial charge in [0.2, 0.25) is 5.91 Å². The lowest BCUT2D eigenvalue weighted by Crippen LogP contribution is -2.25. The SMILES string of the molecule is CCn1c(CNC(=O)c2ccccc2Cl)nnc1SCC(=O)Nc1ccccc1C(=O)OC. The second kappa shape index (κ2) is 11.5.